The zero-order valence-electron chi connectivity index (χ0n) is 22.2. The number of hydrogen-bond acceptors (Lipinski definition) is 15. The maximum absolute atomic E-state index is 12.0. The second kappa shape index (κ2) is 14.1. The second-order valence-electron chi connectivity index (χ2n) is 10.1. The Hall–Kier alpha value is -1.58. The van der Waals surface area contributed by atoms with E-state index in [1.54, 1.807) is 6.92 Å². The molecular weight excluding hydrogens is 544 g/mol. The van der Waals surface area contributed by atoms with Gasteiger partial charge in [-0.3, -0.25) is 9.59 Å². The van der Waals surface area contributed by atoms with Crippen molar-refractivity contribution in [3.8, 4) is 0 Å². The molecule has 17 nitrogen and oxygen atoms in total. The molecule has 0 radical (unpaired) electrons. The van der Waals surface area contributed by atoms with Crippen LogP contribution in [0.25, 0.3) is 0 Å². The summed E-state index contributed by atoms with van der Waals surface area (Å²) in [6.07, 6.45) is -19.1. The summed E-state index contributed by atoms with van der Waals surface area (Å²) in [5.74, 6) is -1.12. The maximum Gasteiger partial charge on any atom is 0.217 e. The van der Waals surface area contributed by atoms with E-state index >= 15 is 0 Å². The van der Waals surface area contributed by atoms with E-state index in [0.29, 0.717) is 0 Å². The first-order valence-corrected chi connectivity index (χ1v) is 12.9. The largest absolute Gasteiger partial charge is 0.394 e. The number of aliphatic hydroxyl groups is 8. The lowest BCUT2D eigenvalue weighted by atomic mass is 9.92. The molecule has 0 bridgehead atoms. The summed E-state index contributed by atoms with van der Waals surface area (Å²) in [7, 11) is 0. The normalized spacial score (nSPS) is 46.0. The number of amides is 2. The Kier molecular flexibility index (Phi) is 11.6. The van der Waals surface area contributed by atoms with Gasteiger partial charge in [0.15, 0.2) is 12.6 Å². The fraction of sp³-hybridized carbons (Fsp3) is 0.913. The van der Waals surface area contributed by atoms with Gasteiger partial charge in [0.1, 0.15) is 67.1 Å². The average Bonchev–Trinajstić information content (AvgIpc) is 2.90. The molecule has 17 heteroatoms. The molecular formula is C23H40N2O15. The van der Waals surface area contributed by atoms with Gasteiger partial charge in [0, 0.05) is 13.8 Å². The van der Waals surface area contributed by atoms with Crippen LogP contribution in [0.5, 0.6) is 0 Å². The third kappa shape index (κ3) is 7.06. The number of aliphatic hydroxyl groups excluding tert-OH is 8. The lowest BCUT2D eigenvalue weighted by molar-refractivity contribution is -0.356. The Morgan fingerprint density at radius 3 is 1.68 bits per heavy atom. The lowest BCUT2D eigenvalue weighted by Gasteiger charge is -2.49. The van der Waals surface area contributed by atoms with E-state index in [4.69, 9.17) is 23.7 Å². The van der Waals surface area contributed by atoms with E-state index in [1.165, 1.54) is 6.92 Å². The fourth-order valence-electron chi connectivity index (χ4n) is 5.11. The van der Waals surface area contributed by atoms with Crippen molar-refractivity contribution in [2.24, 2.45) is 0 Å². The SMILES string of the molecule is CC(=O)NC1[C@H](O[C@@H]2C(NC(C)=O)[C@H](C)OC(CO)[C@@H]2O)OC(CO)[C@H](O[C@@H]2OC(CO)[C@H](O)[C@H](O)C2O)[C@@H]1O. The van der Waals surface area contributed by atoms with Crippen LogP contribution in [0, 0.1) is 0 Å². The average molecular weight is 585 g/mol. The molecule has 40 heavy (non-hydrogen) atoms. The molecule has 15 atom stereocenters. The number of carbonyl (C=O) groups is 2. The van der Waals surface area contributed by atoms with E-state index in [9.17, 15) is 50.4 Å². The minimum Gasteiger partial charge on any atom is -0.394 e. The van der Waals surface area contributed by atoms with E-state index in [2.05, 4.69) is 10.6 Å². The molecule has 0 aromatic rings. The summed E-state index contributed by atoms with van der Waals surface area (Å²) in [4.78, 5) is 23.9. The van der Waals surface area contributed by atoms with Crippen LogP contribution in [0.2, 0.25) is 0 Å². The summed E-state index contributed by atoms with van der Waals surface area (Å²) in [6.45, 7) is 1.84. The molecule has 10 N–H and O–H groups in total. The van der Waals surface area contributed by atoms with E-state index < -0.39 is 123 Å². The van der Waals surface area contributed by atoms with Crippen LogP contribution in [-0.4, -0.2) is 164 Å². The van der Waals surface area contributed by atoms with Crippen LogP contribution in [0.4, 0.5) is 0 Å². The molecule has 0 aliphatic carbocycles. The number of nitrogens with one attached hydrogen (secondary N) is 2. The fourth-order valence-corrected chi connectivity index (χ4v) is 5.11. The van der Waals surface area contributed by atoms with Crippen LogP contribution in [0.3, 0.4) is 0 Å². The highest BCUT2D eigenvalue weighted by atomic mass is 16.7. The molecule has 3 saturated heterocycles. The Morgan fingerprint density at radius 2 is 1.12 bits per heavy atom. The minimum atomic E-state index is -1.83. The number of hydrogen-bond donors (Lipinski definition) is 10. The summed E-state index contributed by atoms with van der Waals surface area (Å²) in [6, 6.07) is -2.37. The van der Waals surface area contributed by atoms with Crippen molar-refractivity contribution in [3.05, 3.63) is 0 Å². The standard InChI is InChI=1S/C23H40N2O15/c1-7-13(24-8(2)29)21(16(32)11(5-27)36-7)40-22-14(25-9(3)30)17(33)20(12(6-28)38-22)39-23-19(35)18(34)15(31)10(4-26)37-23/h7,10-23,26-28,31-35H,4-6H2,1-3H3,(H,24,29)(H,25,30)/t7-,10?,11?,12?,13?,14?,15-,16-,17+,18-,19?,20-,21+,22-,23-/m0/s1. The molecule has 3 heterocycles. The van der Waals surface area contributed by atoms with Crippen LogP contribution in [0.15, 0.2) is 0 Å². The zero-order valence-corrected chi connectivity index (χ0v) is 22.2. The number of rotatable bonds is 9. The van der Waals surface area contributed by atoms with Crippen molar-refractivity contribution in [2.45, 2.75) is 113 Å². The summed E-state index contributed by atoms with van der Waals surface area (Å²) in [5.41, 5.74) is 0. The summed E-state index contributed by atoms with van der Waals surface area (Å²) < 4.78 is 28.4. The van der Waals surface area contributed by atoms with Gasteiger partial charge < -0.3 is 75.2 Å². The molecule has 0 spiro atoms. The first kappa shape index (κ1) is 32.9. The van der Waals surface area contributed by atoms with E-state index in [0.717, 1.165) is 6.92 Å². The second-order valence-corrected chi connectivity index (χ2v) is 10.1. The number of carbonyl (C=O) groups excluding carboxylic acids is 2. The van der Waals surface area contributed by atoms with Gasteiger partial charge in [-0.1, -0.05) is 0 Å². The van der Waals surface area contributed by atoms with Gasteiger partial charge >= 0.3 is 0 Å². The molecule has 0 aromatic heterocycles. The van der Waals surface area contributed by atoms with Gasteiger partial charge in [0.05, 0.1) is 32.0 Å². The predicted molar refractivity (Wildman–Crippen MR) is 128 cm³/mol. The van der Waals surface area contributed by atoms with Crippen LogP contribution in [0.1, 0.15) is 20.8 Å². The van der Waals surface area contributed by atoms with E-state index in [-0.39, 0.29) is 0 Å². The smallest absolute Gasteiger partial charge is 0.217 e. The van der Waals surface area contributed by atoms with Crippen molar-refractivity contribution >= 4 is 11.8 Å². The molecule has 6 unspecified atom stereocenters. The summed E-state index contributed by atoms with van der Waals surface area (Å²) >= 11 is 0. The minimum absolute atomic E-state index is 0.479. The molecule has 232 valence electrons. The van der Waals surface area contributed by atoms with Crippen molar-refractivity contribution in [1.82, 2.24) is 10.6 Å². The molecule has 3 rings (SSSR count). The zero-order chi connectivity index (χ0) is 29.9. The highest BCUT2D eigenvalue weighted by Crippen LogP contribution is 2.32. The van der Waals surface area contributed by atoms with Crippen LogP contribution in [-0.2, 0) is 33.3 Å². The predicted octanol–water partition coefficient (Wildman–Crippen LogP) is -6.22. The van der Waals surface area contributed by atoms with Gasteiger partial charge in [0.2, 0.25) is 11.8 Å². The van der Waals surface area contributed by atoms with Crippen molar-refractivity contribution in [1.29, 1.82) is 0 Å². The molecule has 3 aliphatic rings. The van der Waals surface area contributed by atoms with Crippen LogP contribution < -0.4 is 10.6 Å². The first-order chi connectivity index (χ1) is 18.8. The number of ether oxygens (including phenoxy) is 5. The Labute approximate surface area is 229 Å². The Bertz CT molecular complexity index is 851. The van der Waals surface area contributed by atoms with E-state index in [1.807, 2.05) is 0 Å². The molecule has 0 aromatic carbocycles. The first-order valence-electron chi connectivity index (χ1n) is 12.9. The maximum atomic E-state index is 12.0. The molecule has 2 amide bonds. The third-order valence-corrected chi connectivity index (χ3v) is 7.17. The van der Waals surface area contributed by atoms with Gasteiger partial charge in [-0.2, -0.15) is 0 Å². The van der Waals surface area contributed by atoms with Crippen molar-refractivity contribution in [2.75, 3.05) is 19.8 Å². The van der Waals surface area contributed by atoms with Gasteiger partial charge in [-0.05, 0) is 6.92 Å². The van der Waals surface area contributed by atoms with Crippen molar-refractivity contribution < 1.29 is 74.1 Å². The Balaban J connectivity index is 1.87. The Morgan fingerprint density at radius 1 is 0.625 bits per heavy atom. The monoisotopic (exact) mass is 584 g/mol. The van der Waals surface area contributed by atoms with Gasteiger partial charge in [-0.15, -0.1) is 0 Å². The molecule has 0 saturated carbocycles. The highest BCUT2D eigenvalue weighted by Gasteiger charge is 2.53. The topological polar surface area (TPSA) is 266 Å². The van der Waals surface area contributed by atoms with Crippen LogP contribution >= 0.6 is 0 Å². The quantitative estimate of drug-likeness (QED) is 0.121. The van der Waals surface area contributed by atoms with Crippen molar-refractivity contribution in [3.63, 3.8) is 0 Å². The van der Waals surface area contributed by atoms with Gasteiger partial charge in [0.25, 0.3) is 0 Å². The molecule has 3 aliphatic heterocycles. The highest BCUT2D eigenvalue weighted by molar-refractivity contribution is 5.73. The lowest BCUT2D eigenvalue weighted by Crippen LogP contribution is -2.70. The molecule has 3 fully saturated rings. The van der Waals surface area contributed by atoms with Gasteiger partial charge in [-0.25, -0.2) is 0 Å². The third-order valence-electron chi connectivity index (χ3n) is 7.17. The summed E-state index contributed by atoms with van der Waals surface area (Å²) in [5, 5.41) is 86.8.